The van der Waals surface area contributed by atoms with E-state index in [0.29, 0.717) is 22.2 Å². The number of Topliss-reactive ketones (excluding diaryl/α,β-unsaturated/α-hetero) is 1. The van der Waals surface area contributed by atoms with Crippen LogP contribution in [0.3, 0.4) is 0 Å². The molecule has 0 radical (unpaired) electrons. The Hall–Kier alpha value is -2.75. The van der Waals surface area contributed by atoms with Crippen molar-refractivity contribution in [2.75, 3.05) is 11.1 Å². The minimum atomic E-state index is -3.74. The quantitative estimate of drug-likeness (QED) is 0.318. The number of nitrogens with two attached hydrogens (primary N) is 1. The minimum absolute atomic E-state index is 0.0278. The van der Waals surface area contributed by atoms with Crippen molar-refractivity contribution in [3.8, 4) is 0 Å². The zero-order chi connectivity index (χ0) is 21.8. The molecule has 2 aromatic carbocycles. The van der Waals surface area contributed by atoms with Crippen molar-refractivity contribution in [1.82, 2.24) is 9.97 Å². The van der Waals surface area contributed by atoms with Crippen LogP contribution in [0.4, 0.5) is 11.5 Å². The average molecular weight is 455 g/mol. The van der Waals surface area contributed by atoms with Crippen LogP contribution in [0.5, 0.6) is 0 Å². The summed E-state index contributed by atoms with van der Waals surface area (Å²) in [7, 11) is -3.74. The van der Waals surface area contributed by atoms with Crippen LogP contribution >= 0.6 is 11.8 Å². The number of fused-ring (bicyclic) bond motifs is 1. The van der Waals surface area contributed by atoms with Gasteiger partial charge < -0.3 is 5.32 Å². The second-order valence-corrected chi connectivity index (χ2v) is 9.76. The number of benzene rings is 2. The molecule has 1 aliphatic carbocycles. The topological polar surface area (TPSA) is 115 Å². The lowest BCUT2D eigenvalue weighted by Gasteiger charge is -2.19. The molecule has 0 aliphatic heterocycles. The van der Waals surface area contributed by atoms with Crippen LogP contribution in [0.1, 0.15) is 34.5 Å². The number of aryl methyl sites for hydroxylation is 1. The summed E-state index contributed by atoms with van der Waals surface area (Å²) in [4.78, 5) is 21.9. The number of sulfonamides is 1. The number of aromatic nitrogens is 2. The second-order valence-electron chi connectivity index (χ2n) is 7.26. The van der Waals surface area contributed by atoms with Gasteiger partial charge in [0.15, 0.2) is 10.9 Å². The fraction of sp³-hybridized carbons (Fsp3) is 0.227. The first-order valence-electron chi connectivity index (χ1n) is 9.91. The van der Waals surface area contributed by atoms with Crippen molar-refractivity contribution in [1.29, 1.82) is 0 Å². The number of hydrogen-bond donors (Lipinski definition) is 2. The van der Waals surface area contributed by atoms with E-state index < -0.39 is 10.0 Å². The summed E-state index contributed by atoms with van der Waals surface area (Å²) in [5, 5.41) is 9.01. The molecular weight excluding hydrogens is 432 g/mol. The van der Waals surface area contributed by atoms with Crippen molar-refractivity contribution in [3.63, 3.8) is 0 Å². The Morgan fingerprint density at radius 1 is 1.00 bits per heavy atom. The van der Waals surface area contributed by atoms with Crippen molar-refractivity contribution < 1.29 is 13.2 Å². The third-order valence-electron chi connectivity index (χ3n) is 5.04. The van der Waals surface area contributed by atoms with Crippen molar-refractivity contribution in [3.05, 3.63) is 71.4 Å². The fourth-order valence-corrected chi connectivity index (χ4v) is 4.71. The first kappa shape index (κ1) is 21.5. The molecule has 0 saturated carbocycles. The van der Waals surface area contributed by atoms with Gasteiger partial charge in [0.25, 0.3) is 0 Å². The summed E-state index contributed by atoms with van der Waals surface area (Å²) in [5.41, 5.74) is 3.44. The van der Waals surface area contributed by atoms with E-state index in [1.54, 1.807) is 24.3 Å². The minimum Gasteiger partial charge on any atom is -0.340 e. The van der Waals surface area contributed by atoms with Crippen LogP contribution in [0.2, 0.25) is 0 Å². The molecule has 9 heteroatoms. The summed E-state index contributed by atoms with van der Waals surface area (Å²) in [6, 6.07) is 15.4. The number of hydrogen-bond acceptors (Lipinski definition) is 7. The molecule has 1 aliphatic rings. The summed E-state index contributed by atoms with van der Waals surface area (Å²) in [6.07, 6.45) is 3.88. The lowest BCUT2D eigenvalue weighted by Crippen LogP contribution is -2.13. The van der Waals surface area contributed by atoms with E-state index in [4.69, 9.17) is 10.1 Å². The lowest BCUT2D eigenvalue weighted by molar-refractivity contribution is 0.102. The maximum absolute atomic E-state index is 12.4. The maximum Gasteiger partial charge on any atom is 0.238 e. The predicted molar refractivity (Wildman–Crippen MR) is 121 cm³/mol. The van der Waals surface area contributed by atoms with Crippen molar-refractivity contribution >= 4 is 39.1 Å². The molecule has 1 heterocycles. The summed E-state index contributed by atoms with van der Waals surface area (Å²) in [6.45, 7) is 0. The first-order chi connectivity index (χ1) is 14.9. The van der Waals surface area contributed by atoms with Crippen LogP contribution in [-0.2, 0) is 22.9 Å². The highest BCUT2D eigenvalue weighted by molar-refractivity contribution is 7.99. The molecule has 1 aromatic heterocycles. The molecule has 0 amide bonds. The van der Waals surface area contributed by atoms with Gasteiger partial charge in [0.1, 0.15) is 5.82 Å². The SMILES string of the molecule is NS(=O)(=O)c1ccc(Nc2nc(SCC(=O)c3ccccc3)nc3c2CCCC3)cc1. The molecule has 0 spiro atoms. The van der Waals surface area contributed by atoms with E-state index in [2.05, 4.69) is 10.3 Å². The van der Waals surface area contributed by atoms with E-state index in [1.165, 1.54) is 23.9 Å². The molecule has 0 atom stereocenters. The smallest absolute Gasteiger partial charge is 0.238 e. The number of primary sulfonamides is 1. The highest BCUT2D eigenvalue weighted by atomic mass is 32.2. The number of carbonyl (C=O) groups excluding carboxylic acids is 1. The molecule has 160 valence electrons. The second kappa shape index (κ2) is 9.17. The van der Waals surface area contributed by atoms with Gasteiger partial charge in [-0.2, -0.15) is 0 Å². The Balaban J connectivity index is 1.56. The Labute approximate surface area is 185 Å². The fourth-order valence-electron chi connectivity index (χ4n) is 3.44. The molecule has 31 heavy (non-hydrogen) atoms. The van der Waals surface area contributed by atoms with E-state index in [-0.39, 0.29) is 16.4 Å². The molecule has 3 aromatic rings. The molecule has 0 fully saturated rings. The zero-order valence-corrected chi connectivity index (χ0v) is 18.4. The monoisotopic (exact) mass is 454 g/mol. The third kappa shape index (κ3) is 5.30. The van der Waals surface area contributed by atoms with Gasteiger partial charge in [0, 0.05) is 16.8 Å². The molecule has 0 saturated heterocycles. The van der Waals surface area contributed by atoms with Gasteiger partial charge in [0.05, 0.1) is 16.3 Å². The van der Waals surface area contributed by atoms with Crippen molar-refractivity contribution in [2.45, 2.75) is 35.7 Å². The van der Waals surface area contributed by atoms with Crippen molar-refractivity contribution in [2.24, 2.45) is 5.14 Å². The number of thioether (sulfide) groups is 1. The highest BCUT2D eigenvalue weighted by Crippen LogP contribution is 2.30. The number of nitrogens with one attached hydrogen (secondary N) is 1. The van der Waals surface area contributed by atoms with Crippen LogP contribution < -0.4 is 10.5 Å². The summed E-state index contributed by atoms with van der Waals surface area (Å²) in [5.74, 6) is 0.980. The Morgan fingerprint density at radius 3 is 2.42 bits per heavy atom. The first-order valence-corrected chi connectivity index (χ1v) is 12.4. The predicted octanol–water partition coefficient (Wildman–Crippen LogP) is 3.72. The van der Waals surface area contributed by atoms with Crippen LogP contribution in [0.15, 0.2) is 64.6 Å². The van der Waals surface area contributed by atoms with E-state index in [0.717, 1.165) is 36.9 Å². The Bertz CT molecular complexity index is 1200. The maximum atomic E-state index is 12.4. The number of ketones is 1. The largest absolute Gasteiger partial charge is 0.340 e. The van der Waals surface area contributed by atoms with Gasteiger partial charge in [-0.3, -0.25) is 4.79 Å². The zero-order valence-electron chi connectivity index (χ0n) is 16.7. The number of anilines is 2. The molecule has 7 nitrogen and oxygen atoms in total. The van der Waals surface area contributed by atoms with E-state index in [9.17, 15) is 13.2 Å². The number of nitrogens with zero attached hydrogens (tertiary/aromatic N) is 2. The van der Waals surface area contributed by atoms with Crippen LogP contribution in [0.25, 0.3) is 0 Å². The Kier molecular flexibility index (Phi) is 6.35. The van der Waals surface area contributed by atoms with Gasteiger partial charge in [-0.15, -0.1) is 0 Å². The van der Waals surface area contributed by atoms with Gasteiger partial charge in [-0.05, 0) is 49.9 Å². The molecule has 0 bridgehead atoms. The summed E-state index contributed by atoms with van der Waals surface area (Å²) >= 11 is 1.32. The average Bonchev–Trinajstić information content (AvgIpc) is 2.78. The van der Waals surface area contributed by atoms with E-state index in [1.807, 2.05) is 18.2 Å². The third-order valence-corrected chi connectivity index (χ3v) is 6.81. The number of carbonyl (C=O) groups is 1. The Morgan fingerprint density at radius 2 is 1.71 bits per heavy atom. The van der Waals surface area contributed by atoms with E-state index >= 15 is 0 Å². The van der Waals surface area contributed by atoms with Gasteiger partial charge in [-0.25, -0.2) is 23.5 Å². The molecule has 3 N–H and O–H groups in total. The summed E-state index contributed by atoms with van der Waals surface area (Å²) < 4.78 is 22.9. The van der Waals surface area contributed by atoms with Crippen LogP contribution in [0, 0.1) is 0 Å². The lowest BCUT2D eigenvalue weighted by atomic mass is 9.96. The standard InChI is InChI=1S/C22H22N4O3S2/c23-31(28,29)17-12-10-16(11-13-17)24-21-18-8-4-5-9-19(18)25-22(26-21)30-14-20(27)15-6-2-1-3-7-15/h1-3,6-7,10-13H,4-5,8-9,14H2,(H2,23,28,29)(H,24,25,26). The van der Waals surface area contributed by atoms with Gasteiger partial charge >= 0.3 is 0 Å². The molecule has 4 rings (SSSR count). The molecule has 0 unspecified atom stereocenters. The normalized spacial score (nSPS) is 13.5. The van der Waals surface area contributed by atoms with Crippen LogP contribution in [-0.4, -0.2) is 29.9 Å². The highest BCUT2D eigenvalue weighted by Gasteiger charge is 2.19. The number of rotatable bonds is 7. The van der Waals surface area contributed by atoms with Gasteiger partial charge in [0.2, 0.25) is 10.0 Å². The van der Waals surface area contributed by atoms with Gasteiger partial charge in [-0.1, -0.05) is 42.1 Å². The molecular formula is C22H22N4O3S2.